The molecule has 1 N–H and O–H groups in total. The van der Waals surface area contributed by atoms with Crippen molar-refractivity contribution < 1.29 is 9.32 Å². The molecule has 0 bridgehead atoms. The second-order valence-corrected chi connectivity index (χ2v) is 5.56. The maximum Gasteiger partial charge on any atom is 0.261 e. The molecular weight excluding hydrogens is 296 g/mol. The Morgan fingerprint density at radius 1 is 1.20 bits per heavy atom. The monoisotopic (exact) mass is 304 g/mol. The highest BCUT2D eigenvalue weighted by Crippen LogP contribution is 2.32. The number of benzene rings is 1. The molecule has 20 heavy (non-hydrogen) atoms. The van der Waals surface area contributed by atoms with Gasteiger partial charge in [0.15, 0.2) is 0 Å². The van der Waals surface area contributed by atoms with E-state index in [-0.39, 0.29) is 5.91 Å². The number of thiophene rings is 1. The van der Waals surface area contributed by atoms with Crippen LogP contribution in [0.5, 0.6) is 0 Å². The van der Waals surface area contributed by atoms with Crippen molar-refractivity contribution in [3.05, 3.63) is 59.4 Å². The van der Waals surface area contributed by atoms with Gasteiger partial charge in [-0.15, -0.1) is 11.3 Å². The van der Waals surface area contributed by atoms with E-state index in [4.69, 9.17) is 11.6 Å². The zero-order valence-electron chi connectivity index (χ0n) is 10.2. The van der Waals surface area contributed by atoms with Gasteiger partial charge in [-0.05, 0) is 29.8 Å². The highest BCUT2D eigenvalue weighted by molar-refractivity contribution is 7.19. The molecule has 4 nitrogen and oxygen atoms in total. The first-order chi connectivity index (χ1) is 9.72. The fourth-order valence-electron chi connectivity index (χ4n) is 1.68. The zero-order chi connectivity index (χ0) is 13.9. The van der Waals surface area contributed by atoms with E-state index in [9.17, 15) is 4.79 Å². The summed E-state index contributed by atoms with van der Waals surface area (Å²) in [4.78, 5) is 12.9. The van der Waals surface area contributed by atoms with Gasteiger partial charge in [-0.3, -0.25) is 4.79 Å². The summed E-state index contributed by atoms with van der Waals surface area (Å²) in [5.74, 6) is -0.240. The molecule has 0 aliphatic carbocycles. The van der Waals surface area contributed by atoms with Crippen LogP contribution in [0, 0.1) is 0 Å². The minimum absolute atomic E-state index is 0.240. The van der Waals surface area contributed by atoms with Gasteiger partial charge in [0.2, 0.25) is 0 Å². The normalized spacial score (nSPS) is 10.4. The zero-order valence-corrected chi connectivity index (χ0v) is 11.7. The molecule has 2 heterocycles. The summed E-state index contributed by atoms with van der Waals surface area (Å²) in [6, 6.07) is 11.4. The Morgan fingerprint density at radius 2 is 2.00 bits per heavy atom. The van der Waals surface area contributed by atoms with Gasteiger partial charge in [0.05, 0.1) is 16.8 Å². The van der Waals surface area contributed by atoms with Crippen LogP contribution < -0.4 is 5.32 Å². The molecule has 100 valence electrons. The van der Waals surface area contributed by atoms with Gasteiger partial charge in [0, 0.05) is 9.90 Å². The summed E-state index contributed by atoms with van der Waals surface area (Å²) in [7, 11) is 0. The second-order valence-electron chi connectivity index (χ2n) is 4.04. The van der Waals surface area contributed by atoms with Crippen molar-refractivity contribution in [2.75, 3.05) is 5.32 Å². The largest absolute Gasteiger partial charge is 0.364 e. The lowest BCUT2D eigenvalue weighted by molar-refractivity contribution is 0.102. The molecule has 3 rings (SSSR count). The molecule has 3 aromatic rings. The minimum atomic E-state index is -0.240. The molecule has 0 aliphatic heterocycles. The van der Waals surface area contributed by atoms with Crippen LogP contribution in [0.15, 0.2) is 53.4 Å². The lowest BCUT2D eigenvalue weighted by atomic mass is 10.2. The van der Waals surface area contributed by atoms with Crippen LogP contribution in [0.4, 0.5) is 5.00 Å². The van der Waals surface area contributed by atoms with E-state index in [0.717, 1.165) is 15.4 Å². The van der Waals surface area contributed by atoms with Crippen LogP contribution in [-0.2, 0) is 0 Å². The topological polar surface area (TPSA) is 55.1 Å². The average molecular weight is 305 g/mol. The van der Waals surface area contributed by atoms with Crippen molar-refractivity contribution in [3.63, 3.8) is 0 Å². The number of carbonyl (C=O) groups is 1. The van der Waals surface area contributed by atoms with E-state index in [1.54, 1.807) is 0 Å². The van der Waals surface area contributed by atoms with E-state index < -0.39 is 0 Å². The van der Waals surface area contributed by atoms with E-state index in [0.29, 0.717) is 10.6 Å². The van der Waals surface area contributed by atoms with Crippen molar-refractivity contribution in [1.82, 2.24) is 5.16 Å². The Hall–Kier alpha value is -2.11. The van der Waals surface area contributed by atoms with E-state index in [1.807, 2.05) is 36.4 Å². The summed E-state index contributed by atoms with van der Waals surface area (Å²) in [5.41, 5.74) is 1.45. The van der Waals surface area contributed by atoms with E-state index in [2.05, 4.69) is 15.0 Å². The van der Waals surface area contributed by atoms with Gasteiger partial charge in [0.1, 0.15) is 6.26 Å². The first-order valence-corrected chi connectivity index (χ1v) is 6.98. The number of nitrogens with zero attached hydrogens (tertiary/aromatic N) is 1. The van der Waals surface area contributed by atoms with E-state index in [1.165, 1.54) is 23.8 Å². The first-order valence-electron chi connectivity index (χ1n) is 5.79. The SMILES string of the molecule is O=C(Nc1ccc(-c2ccc(Cl)cc2)s1)c1cnoc1. The average Bonchev–Trinajstić information content (AvgIpc) is 3.10. The summed E-state index contributed by atoms with van der Waals surface area (Å²) in [5, 5.41) is 7.77. The van der Waals surface area contributed by atoms with Gasteiger partial charge in [-0.25, -0.2) is 0 Å². The Bertz CT molecular complexity index is 720. The molecule has 0 saturated heterocycles. The molecule has 0 saturated carbocycles. The molecule has 0 unspecified atom stereocenters. The number of amides is 1. The van der Waals surface area contributed by atoms with Gasteiger partial charge in [-0.2, -0.15) is 0 Å². The quantitative estimate of drug-likeness (QED) is 0.784. The highest BCUT2D eigenvalue weighted by atomic mass is 35.5. The van der Waals surface area contributed by atoms with Crippen LogP contribution in [0.2, 0.25) is 5.02 Å². The standard InChI is InChI=1S/C14H9ClN2O2S/c15-11-3-1-9(2-4-11)12-5-6-13(20-12)17-14(18)10-7-16-19-8-10/h1-8H,(H,17,18). The molecule has 1 aromatic carbocycles. The van der Waals surface area contributed by atoms with Crippen molar-refractivity contribution in [2.45, 2.75) is 0 Å². The summed E-state index contributed by atoms with van der Waals surface area (Å²) in [6.45, 7) is 0. The van der Waals surface area contributed by atoms with Crippen molar-refractivity contribution in [1.29, 1.82) is 0 Å². The predicted octanol–water partition coefficient (Wildman–Crippen LogP) is 4.31. The molecule has 0 spiro atoms. The van der Waals surface area contributed by atoms with Crippen molar-refractivity contribution >= 4 is 33.8 Å². The van der Waals surface area contributed by atoms with E-state index >= 15 is 0 Å². The number of hydrogen-bond acceptors (Lipinski definition) is 4. The number of carbonyl (C=O) groups excluding carboxylic acids is 1. The van der Waals surface area contributed by atoms with Crippen molar-refractivity contribution in [2.24, 2.45) is 0 Å². The fraction of sp³-hybridized carbons (Fsp3) is 0. The molecule has 0 atom stereocenters. The molecule has 6 heteroatoms. The maximum absolute atomic E-state index is 11.8. The maximum atomic E-state index is 11.8. The molecule has 1 amide bonds. The molecular formula is C14H9ClN2O2S. The molecule has 0 fully saturated rings. The van der Waals surface area contributed by atoms with Crippen LogP contribution in [-0.4, -0.2) is 11.1 Å². The summed E-state index contributed by atoms with van der Waals surface area (Å²) < 4.78 is 4.64. The number of anilines is 1. The van der Waals surface area contributed by atoms with Gasteiger partial charge >= 0.3 is 0 Å². The third kappa shape index (κ3) is 2.74. The number of hydrogen-bond donors (Lipinski definition) is 1. The van der Waals surface area contributed by atoms with Crippen LogP contribution in [0.25, 0.3) is 10.4 Å². The van der Waals surface area contributed by atoms with Crippen molar-refractivity contribution in [3.8, 4) is 10.4 Å². The van der Waals surface area contributed by atoms with Gasteiger partial charge in [0.25, 0.3) is 5.91 Å². The lowest BCUT2D eigenvalue weighted by Crippen LogP contribution is -2.09. The lowest BCUT2D eigenvalue weighted by Gasteiger charge is -1.99. The smallest absolute Gasteiger partial charge is 0.261 e. The second kappa shape index (κ2) is 5.48. The predicted molar refractivity (Wildman–Crippen MR) is 79.2 cm³/mol. The Labute approximate surface area is 124 Å². The summed E-state index contributed by atoms with van der Waals surface area (Å²) in [6.07, 6.45) is 2.69. The van der Waals surface area contributed by atoms with Crippen LogP contribution >= 0.6 is 22.9 Å². The number of rotatable bonds is 3. The third-order valence-corrected chi connectivity index (χ3v) is 3.97. The Morgan fingerprint density at radius 3 is 2.70 bits per heavy atom. The summed E-state index contributed by atoms with van der Waals surface area (Å²) >= 11 is 7.35. The van der Waals surface area contributed by atoms with Crippen LogP contribution in [0.1, 0.15) is 10.4 Å². The number of aromatic nitrogens is 1. The number of halogens is 1. The molecule has 0 aliphatic rings. The van der Waals surface area contributed by atoms with Gasteiger partial charge in [-0.1, -0.05) is 28.9 Å². The highest BCUT2D eigenvalue weighted by Gasteiger charge is 2.10. The molecule has 0 radical (unpaired) electrons. The minimum Gasteiger partial charge on any atom is -0.364 e. The third-order valence-electron chi connectivity index (χ3n) is 2.67. The molecule has 2 aromatic heterocycles. The van der Waals surface area contributed by atoms with Gasteiger partial charge < -0.3 is 9.84 Å². The first kappa shape index (κ1) is 12.9. The number of nitrogens with one attached hydrogen (secondary N) is 1. The fourth-order valence-corrected chi connectivity index (χ4v) is 2.71. The van der Waals surface area contributed by atoms with Crippen LogP contribution in [0.3, 0.4) is 0 Å². The Balaban J connectivity index is 1.77. The Kier molecular flexibility index (Phi) is 3.54.